The van der Waals surface area contributed by atoms with Gasteiger partial charge in [0.15, 0.2) is 5.96 Å². The lowest BCUT2D eigenvalue weighted by molar-refractivity contribution is 0.911. The molecular weight excluding hydrogens is 205 g/mol. The van der Waals surface area contributed by atoms with Gasteiger partial charge in [-0.15, -0.1) is 0 Å². The number of hydrogen-bond acceptors (Lipinski definition) is 1. The van der Waals surface area contributed by atoms with Gasteiger partial charge in [0.25, 0.3) is 0 Å². The number of nitrogens with one attached hydrogen (secondary N) is 3. The standard InChI is InChI=1S/C3H6IN3/c4-2-1-6-3(5)7-2/h2H,1H2,(H3,5,6,7). The quantitative estimate of drug-likeness (QED) is 0.297. The molecule has 0 bridgehead atoms. The van der Waals surface area contributed by atoms with Crippen LogP contribution in [-0.2, 0) is 0 Å². The normalized spacial score (nSPS) is 29.3. The summed E-state index contributed by atoms with van der Waals surface area (Å²) in [7, 11) is 0. The highest BCUT2D eigenvalue weighted by Gasteiger charge is 2.11. The van der Waals surface area contributed by atoms with Crippen molar-refractivity contribution in [2.75, 3.05) is 6.54 Å². The van der Waals surface area contributed by atoms with Gasteiger partial charge >= 0.3 is 0 Å². The maximum absolute atomic E-state index is 6.95. The van der Waals surface area contributed by atoms with Gasteiger partial charge < -0.3 is 10.6 Å². The maximum Gasteiger partial charge on any atom is 0.189 e. The molecule has 0 aromatic heterocycles. The fourth-order valence-corrected chi connectivity index (χ4v) is 0.982. The Labute approximate surface area is 55.5 Å². The molecule has 0 saturated carbocycles. The topological polar surface area (TPSA) is 47.9 Å². The number of halogens is 1. The summed E-state index contributed by atoms with van der Waals surface area (Å²) in [6, 6.07) is 0. The largest absolute Gasteiger partial charge is 0.354 e. The fourth-order valence-electron chi connectivity index (χ4n) is 0.450. The molecule has 4 heteroatoms. The third-order valence-electron chi connectivity index (χ3n) is 0.759. The minimum Gasteiger partial charge on any atom is -0.354 e. The van der Waals surface area contributed by atoms with E-state index in [2.05, 4.69) is 33.2 Å². The zero-order chi connectivity index (χ0) is 5.28. The van der Waals surface area contributed by atoms with Crippen LogP contribution in [0.25, 0.3) is 0 Å². The molecule has 0 aliphatic carbocycles. The van der Waals surface area contributed by atoms with Gasteiger partial charge in [-0.2, -0.15) is 0 Å². The first-order valence-electron chi connectivity index (χ1n) is 2.02. The molecule has 0 aromatic carbocycles. The minimum absolute atomic E-state index is 0.407. The molecule has 1 saturated heterocycles. The molecule has 7 heavy (non-hydrogen) atoms. The first-order valence-corrected chi connectivity index (χ1v) is 3.26. The summed E-state index contributed by atoms with van der Waals surface area (Å²) in [6.07, 6.45) is 0. The molecule has 40 valence electrons. The van der Waals surface area contributed by atoms with Gasteiger partial charge in [-0.05, 0) is 0 Å². The predicted octanol–water partition coefficient (Wildman–Crippen LogP) is -0.125. The van der Waals surface area contributed by atoms with E-state index in [0.717, 1.165) is 6.54 Å². The first kappa shape index (κ1) is 5.14. The molecular formula is C3H6IN3. The Kier molecular flexibility index (Phi) is 1.36. The molecule has 1 heterocycles. The molecule has 0 radical (unpaired) electrons. The SMILES string of the molecule is N=C1NCC(I)N1. The van der Waals surface area contributed by atoms with Crippen molar-refractivity contribution in [3.8, 4) is 0 Å². The zero-order valence-corrected chi connectivity index (χ0v) is 5.82. The van der Waals surface area contributed by atoms with E-state index in [1.54, 1.807) is 0 Å². The lowest BCUT2D eigenvalue weighted by Gasteiger charge is -1.92. The molecule has 1 fully saturated rings. The van der Waals surface area contributed by atoms with Crippen molar-refractivity contribution in [1.29, 1.82) is 5.41 Å². The van der Waals surface area contributed by atoms with Crippen molar-refractivity contribution >= 4 is 28.6 Å². The van der Waals surface area contributed by atoms with Crippen LogP contribution in [0, 0.1) is 5.41 Å². The van der Waals surface area contributed by atoms with E-state index >= 15 is 0 Å². The van der Waals surface area contributed by atoms with Crippen LogP contribution in [0.2, 0.25) is 0 Å². The zero-order valence-electron chi connectivity index (χ0n) is 3.66. The summed E-state index contributed by atoms with van der Waals surface area (Å²) in [5.41, 5.74) is 0. The average molecular weight is 211 g/mol. The lowest BCUT2D eigenvalue weighted by Crippen LogP contribution is -2.23. The van der Waals surface area contributed by atoms with Gasteiger partial charge in [0.05, 0.1) is 4.05 Å². The van der Waals surface area contributed by atoms with E-state index in [9.17, 15) is 0 Å². The Bertz CT molecular complexity index is 92.2. The van der Waals surface area contributed by atoms with Gasteiger partial charge in [0.2, 0.25) is 0 Å². The summed E-state index contributed by atoms with van der Waals surface area (Å²) in [4.78, 5) is 0. The van der Waals surface area contributed by atoms with E-state index in [-0.39, 0.29) is 0 Å². The van der Waals surface area contributed by atoms with Crippen LogP contribution >= 0.6 is 22.6 Å². The highest BCUT2D eigenvalue weighted by molar-refractivity contribution is 14.1. The van der Waals surface area contributed by atoms with Gasteiger partial charge in [0.1, 0.15) is 0 Å². The lowest BCUT2D eigenvalue weighted by atomic mass is 10.7. The van der Waals surface area contributed by atoms with Crippen molar-refractivity contribution in [3.05, 3.63) is 0 Å². The van der Waals surface area contributed by atoms with Gasteiger partial charge in [-0.3, -0.25) is 5.41 Å². The van der Waals surface area contributed by atoms with Crippen molar-refractivity contribution in [1.82, 2.24) is 10.6 Å². The third-order valence-corrected chi connectivity index (χ3v) is 1.51. The second kappa shape index (κ2) is 1.85. The number of hydrogen-bond donors (Lipinski definition) is 3. The van der Waals surface area contributed by atoms with Crippen molar-refractivity contribution in [2.24, 2.45) is 0 Å². The first-order chi connectivity index (χ1) is 3.29. The molecule has 1 atom stereocenters. The summed E-state index contributed by atoms with van der Waals surface area (Å²) in [5, 5.41) is 12.7. The smallest absolute Gasteiger partial charge is 0.189 e. The molecule has 0 spiro atoms. The van der Waals surface area contributed by atoms with Crippen molar-refractivity contribution in [3.63, 3.8) is 0 Å². The van der Waals surface area contributed by atoms with Crippen LogP contribution in [0.4, 0.5) is 0 Å². The highest BCUT2D eigenvalue weighted by atomic mass is 127. The van der Waals surface area contributed by atoms with Gasteiger partial charge in [0, 0.05) is 6.54 Å². The van der Waals surface area contributed by atoms with E-state index in [1.807, 2.05) is 0 Å². The van der Waals surface area contributed by atoms with Crippen molar-refractivity contribution in [2.45, 2.75) is 4.05 Å². The average Bonchev–Trinajstić information content (AvgIpc) is 1.87. The Morgan fingerprint density at radius 1 is 1.86 bits per heavy atom. The van der Waals surface area contributed by atoms with Crippen LogP contribution in [0.5, 0.6) is 0 Å². The molecule has 1 rings (SSSR count). The third kappa shape index (κ3) is 1.19. The highest BCUT2D eigenvalue weighted by Crippen LogP contribution is 1.96. The fraction of sp³-hybridized carbons (Fsp3) is 0.667. The second-order valence-electron chi connectivity index (χ2n) is 1.37. The van der Waals surface area contributed by atoms with Crippen LogP contribution in [0.3, 0.4) is 0 Å². The molecule has 3 nitrogen and oxygen atoms in total. The number of rotatable bonds is 0. The van der Waals surface area contributed by atoms with Gasteiger partial charge in [-0.1, -0.05) is 22.6 Å². The Morgan fingerprint density at radius 2 is 2.57 bits per heavy atom. The summed E-state index contributed by atoms with van der Waals surface area (Å²) >= 11 is 2.23. The molecule has 0 aromatic rings. The molecule has 1 aliphatic heterocycles. The summed E-state index contributed by atoms with van der Waals surface area (Å²) in [6.45, 7) is 0.874. The Hall–Kier alpha value is -0.0000000000000000555. The maximum atomic E-state index is 6.95. The second-order valence-corrected chi connectivity index (χ2v) is 2.87. The molecule has 1 unspecified atom stereocenters. The molecule has 1 aliphatic rings. The molecule has 0 amide bonds. The summed E-state index contributed by atoms with van der Waals surface area (Å²) < 4.78 is 0.407. The van der Waals surface area contributed by atoms with E-state index in [4.69, 9.17) is 5.41 Å². The summed E-state index contributed by atoms with van der Waals surface area (Å²) in [5.74, 6) is 0.444. The van der Waals surface area contributed by atoms with Crippen molar-refractivity contribution < 1.29 is 0 Å². The minimum atomic E-state index is 0.407. The Balaban J connectivity index is 2.40. The number of alkyl halides is 1. The number of guanidine groups is 1. The van der Waals surface area contributed by atoms with Crippen LogP contribution in [-0.4, -0.2) is 16.6 Å². The van der Waals surface area contributed by atoms with Crippen LogP contribution in [0.1, 0.15) is 0 Å². The Morgan fingerprint density at radius 3 is 2.71 bits per heavy atom. The predicted molar refractivity (Wildman–Crippen MR) is 36.7 cm³/mol. The van der Waals surface area contributed by atoms with Crippen LogP contribution in [0.15, 0.2) is 0 Å². The van der Waals surface area contributed by atoms with E-state index < -0.39 is 0 Å². The van der Waals surface area contributed by atoms with E-state index in [0.29, 0.717) is 10.0 Å². The molecule has 3 N–H and O–H groups in total. The van der Waals surface area contributed by atoms with Gasteiger partial charge in [-0.25, -0.2) is 0 Å². The van der Waals surface area contributed by atoms with Crippen LogP contribution < -0.4 is 10.6 Å². The van der Waals surface area contributed by atoms with E-state index in [1.165, 1.54) is 0 Å². The monoisotopic (exact) mass is 211 g/mol.